The third kappa shape index (κ3) is 2.99. The molecule has 1 aliphatic rings. The fourth-order valence-corrected chi connectivity index (χ4v) is 3.31. The molecule has 1 aliphatic heterocycles. The number of halogens is 1. The van der Waals surface area contributed by atoms with Crippen LogP contribution in [0.15, 0.2) is 47.1 Å². The highest BCUT2D eigenvalue weighted by Crippen LogP contribution is 2.30. The van der Waals surface area contributed by atoms with E-state index in [-0.39, 0.29) is 0 Å². The van der Waals surface area contributed by atoms with Gasteiger partial charge >= 0.3 is 5.97 Å². The van der Waals surface area contributed by atoms with Gasteiger partial charge in [0.1, 0.15) is 6.04 Å². The van der Waals surface area contributed by atoms with Crippen molar-refractivity contribution in [1.29, 1.82) is 0 Å². The summed E-state index contributed by atoms with van der Waals surface area (Å²) in [6.45, 7) is 1.17. The quantitative estimate of drug-likeness (QED) is 0.928. The van der Waals surface area contributed by atoms with Gasteiger partial charge in [0, 0.05) is 30.2 Å². The Morgan fingerprint density at radius 1 is 1.33 bits per heavy atom. The number of carboxylic acid groups (broad SMARTS) is 1. The minimum Gasteiger partial charge on any atom is -0.480 e. The molecule has 1 aromatic carbocycles. The van der Waals surface area contributed by atoms with E-state index in [0.717, 1.165) is 15.7 Å². The minimum absolute atomic E-state index is 0.513. The van der Waals surface area contributed by atoms with Crippen LogP contribution in [0.2, 0.25) is 0 Å². The third-order valence-corrected chi connectivity index (χ3v) is 4.55. The van der Waals surface area contributed by atoms with Gasteiger partial charge in [-0.2, -0.15) is 0 Å². The maximum Gasteiger partial charge on any atom is 0.321 e. The van der Waals surface area contributed by atoms with Crippen molar-refractivity contribution >= 4 is 21.9 Å². The number of nitrogens with zero attached hydrogens (tertiary/aromatic N) is 2. The molecule has 1 N–H and O–H groups in total. The predicted molar refractivity (Wildman–Crippen MR) is 82.8 cm³/mol. The van der Waals surface area contributed by atoms with E-state index >= 15 is 0 Å². The van der Waals surface area contributed by atoms with Gasteiger partial charge < -0.3 is 5.11 Å². The Balaban J connectivity index is 1.90. The molecule has 0 amide bonds. The van der Waals surface area contributed by atoms with Crippen LogP contribution in [-0.2, 0) is 24.3 Å². The van der Waals surface area contributed by atoms with Crippen molar-refractivity contribution in [3.8, 4) is 0 Å². The molecule has 4 nitrogen and oxygen atoms in total. The Labute approximate surface area is 131 Å². The number of hydrogen-bond donors (Lipinski definition) is 1. The number of rotatable bonds is 3. The van der Waals surface area contributed by atoms with Gasteiger partial charge in [0.05, 0.1) is 5.69 Å². The zero-order valence-corrected chi connectivity index (χ0v) is 13.0. The van der Waals surface area contributed by atoms with Crippen molar-refractivity contribution in [3.05, 3.63) is 63.9 Å². The molecule has 2 heterocycles. The molecule has 3 rings (SSSR count). The maximum atomic E-state index is 11.6. The third-order valence-electron chi connectivity index (χ3n) is 3.80. The SMILES string of the molecule is O=C(O)C1Cc2c(Br)cccc2CN1Cc1ccccn1. The lowest BCUT2D eigenvalue weighted by Gasteiger charge is -2.34. The topological polar surface area (TPSA) is 53.4 Å². The van der Waals surface area contributed by atoms with Gasteiger partial charge in [0.15, 0.2) is 0 Å². The number of aromatic nitrogens is 1. The molecule has 1 atom stereocenters. The molecule has 21 heavy (non-hydrogen) atoms. The first-order valence-electron chi connectivity index (χ1n) is 6.78. The number of pyridine rings is 1. The highest BCUT2D eigenvalue weighted by atomic mass is 79.9. The highest BCUT2D eigenvalue weighted by molar-refractivity contribution is 9.10. The average molecular weight is 347 g/mol. The number of aliphatic carboxylic acids is 1. The summed E-state index contributed by atoms with van der Waals surface area (Å²) >= 11 is 3.52. The normalized spacial score (nSPS) is 18.2. The summed E-state index contributed by atoms with van der Waals surface area (Å²) in [5, 5.41) is 9.53. The van der Waals surface area contributed by atoms with Crippen LogP contribution in [0.25, 0.3) is 0 Å². The van der Waals surface area contributed by atoms with E-state index in [9.17, 15) is 9.90 Å². The van der Waals surface area contributed by atoms with E-state index in [1.807, 2.05) is 35.2 Å². The van der Waals surface area contributed by atoms with Crippen LogP contribution in [0.4, 0.5) is 0 Å². The summed E-state index contributed by atoms with van der Waals surface area (Å²) in [4.78, 5) is 17.9. The van der Waals surface area contributed by atoms with E-state index in [1.54, 1.807) is 6.20 Å². The number of hydrogen-bond acceptors (Lipinski definition) is 3. The fraction of sp³-hybridized carbons (Fsp3) is 0.250. The van der Waals surface area contributed by atoms with Crippen molar-refractivity contribution in [1.82, 2.24) is 9.88 Å². The lowest BCUT2D eigenvalue weighted by molar-refractivity contribution is -0.144. The van der Waals surface area contributed by atoms with E-state index in [4.69, 9.17) is 0 Å². The van der Waals surface area contributed by atoms with E-state index in [0.29, 0.717) is 19.5 Å². The average Bonchev–Trinajstić information content (AvgIpc) is 2.48. The van der Waals surface area contributed by atoms with Crippen LogP contribution >= 0.6 is 15.9 Å². The lowest BCUT2D eigenvalue weighted by Crippen LogP contribution is -2.45. The van der Waals surface area contributed by atoms with Crippen LogP contribution in [0.1, 0.15) is 16.8 Å². The number of carbonyl (C=O) groups is 1. The number of benzene rings is 1. The van der Waals surface area contributed by atoms with Crippen molar-refractivity contribution in [2.24, 2.45) is 0 Å². The van der Waals surface area contributed by atoms with E-state index in [1.165, 1.54) is 5.56 Å². The minimum atomic E-state index is -0.785. The maximum absolute atomic E-state index is 11.6. The van der Waals surface area contributed by atoms with Crippen molar-refractivity contribution in [2.45, 2.75) is 25.6 Å². The molecule has 0 saturated heterocycles. The second-order valence-electron chi connectivity index (χ2n) is 5.16. The Bertz CT molecular complexity index is 661. The molecule has 0 bridgehead atoms. The van der Waals surface area contributed by atoms with Gasteiger partial charge in [-0.1, -0.05) is 34.1 Å². The van der Waals surface area contributed by atoms with Crippen molar-refractivity contribution < 1.29 is 9.90 Å². The van der Waals surface area contributed by atoms with Crippen molar-refractivity contribution in [3.63, 3.8) is 0 Å². The molecule has 1 aromatic heterocycles. The van der Waals surface area contributed by atoms with Gasteiger partial charge in [0.25, 0.3) is 0 Å². The zero-order valence-electron chi connectivity index (χ0n) is 11.4. The lowest BCUT2D eigenvalue weighted by atomic mass is 9.94. The van der Waals surface area contributed by atoms with Gasteiger partial charge in [-0.05, 0) is 29.3 Å². The first kappa shape index (κ1) is 14.2. The van der Waals surface area contributed by atoms with Gasteiger partial charge in [0.2, 0.25) is 0 Å². The van der Waals surface area contributed by atoms with E-state index < -0.39 is 12.0 Å². The smallest absolute Gasteiger partial charge is 0.321 e. The summed E-state index contributed by atoms with van der Waals surface area (Å²) in [6, 6.07) is 11.2. The number of fused-ring (bicyclic) bond motifs is 1. The molecular weight excluding hydrogens is 332 g/mol. The Morgan fingerprint density at radius 2 is 2.19 bits per heavy atom. The Hall–Kier alpha value is -1.72. The fourth-order valence-electron chi connectivity index (χ4n) is 2.74. The molecule has 2 aromatic rings. The molecule has 5 heteroatoms. The Morgan fingerprint density at radius 3 is 2.90 bits per heavy atom. The first-order valence-corrected chi connectivity index (χ1v) is 7.57. The summed E-state index contributed by atoms with van der Waals surface area (Å²) in [5.41, 5.74) is 3.17. The second-order valence-corrected chi connectivity index (χ2v) is 6.02. The second kappa shape index (κ2) is 5.95. The molecule has 0 aliphatic carbocycles. The van der Waals surface area contributed by atoms with Gasteiger partial charge in [-0.15, -0.1) is 0 Å². The summed E-state index contributed by atoms with van der Waals surface area (Å²) < 4.78 is 0.990. The molecule has 0 radical (unpaired) electrons. The standard InChI is InChI=1S/C16H15BrN2O2/c17-14-6-3-4-11-9-19(10-12-5-1-2-7-18-12)15(16(20)21)8-13(11)14/h1-7,15H,8-10H2,(H,20,21). The van der Waals surface area contributed by atoms with E-state index in [2.05, 4.69) is 27.0 Å². The molecule has 0 spiro atoms. The summed E-state index contributed by atoms with van der Waals surface area (Å²) in [7, 11) is 0. The molecule has 108 valence electrons. The van der Waals surface area contributed by atoms with Crippen LogP contribution in [0.3, 0.4) is 0 Å². The van der Waals surface area contributed by atoms with Crippen molar-refractivity contribution in [2.75, 3.05) is 0 Å². The van der Waals surface area contributed by atoms with Crippen LogP contribution in [0, 0.1) is 0 Å². The highest BCUT2D eigenvalue weighted by Gasteiger charge is 2.32. The van der Waals surface area contributed by atoms with Crippen LogP contribution in [-0.4, -0.2) is 27.0 Å². The monoisotopic (exact) mass is 346 g/mol. The molecule has 1 unspecified atom stereocenters. The molecule has 0 fully saturated rings. The molecular formula is C16H15BrN2O2. The predicted octanol–water partition coefficient (Wildman–Crippen LogP) is 2.86. The van der Waals surface area contributed by atoms with Crippen LogP contribution < -0.4 is 0 Å². The first-order chi connectivity index (χ1) is 10.1. The van der Waals surface area contributed by atoms with Crippen LogP contribution in [0.5, 0.6) is 0 Å². The number of carboxylic acids is 1. The Kier molecular flexibility index (Phi) is 4.03. The zero-order chi connectivity index (χ0) is 14.8. The molecule has 0 saturated carbocycles. The van der Waals surface area contributed by atoms with Gasteiger partial charge in [-0.25, -0.2) is 0 Å². The summed E-state index contributed by atoms with van der Waals surface area (Å²) in [6.07, 6.45) is 2.25. The van der Waals surface area contributed by atoms with Gasteiger partial charge in [-0.3, -0.25) is 14.7 Å². The largest absolute Gasteiger partial charge is 0.480 e. The summed E-state index contributed by atoms with van der Waals surface area (Å²) in [5.74, 6) is -0.785.